The monoisotopic (exact) mass is 554 g/mol. The summed E-state index contributed by atoms with van der Waals surface area (Å²) in [7, 11) is 0. The summed E-state index contributed by atoms with van der Waals surface area (Å²) in [6.45, 7) is 3.92. The Kier molecular flexibility index (Phi) is 8.51. The molecule has 0 bridgehead atoms. The molecule has 2 N–H and O–H groups in total. The summed E-state index contributed by atoms with van der Waals surface area (Å²) in [6, 6.07) is 3.77. The molecule has 0 radical (unpaired) electrons. The number of carbonyl (C=O) groups is 3. The molecule has 216 valence electrons. The highest BCUT2D eigenvalue weighted by atomic mass is 19.1. The van der Waals surface area contributed by atoms with Gasteiger partial charge in [0.05, 0.1) is 17.1 Å². The number of fused-ring (bicyclic) bond motifs is 2. The molecule has 9 nitrogen and oxygen atoms in total. The number of alkyl carbamates (subject to hydrolysis) is 1. The number of halogens is 1. The smallest absolute Gasteiger partial charge is 0.407 e. The van der Waals surface area contributed by atoms with Crippen molar-refractivity contribution in [1.29, 1.82) is 0 Å². The van der Waals surface area contributed by atoms with Crippen molar-refractivity contribution >= 4 is 28.8 Å². The van der Waals surface area contributed by atoms with Crippen molar-refractivity contribution in [2.45, 2.75) is 83.8 Å². The number of ketones is 1. The largest absolute Gasteiger partial charge is 0.446 e. The molecule has 0 spiro atoms. The normalized spacial score (nSPS) is 27.0. The van der Waals surface area contributed by atoms with E-state index in [2.05, 4.69) is 15.3 Å². The molecule has 1 aromatic heterocycles. The zero-order chi connectivity index (χ0) is 28.4. The fourth-order valence-corrected chi connectivity index (χ4v) is 7.01. The average Bonchev–Trinajstić information content (AvgIpc) is 3.39. The first kappa shape index (κ1) is 28.2. The van der Waals surface area contributed by atoms with E-state index in [-0.39, 0.29) is 35.8 Å². The minimum Gasteiger partial charge on any atom is -0.446 e. The van der Waals surface area contributed by atoms with Gasteiger partial charge < -0.3 is 19.9 Å². The summed E-state index contributed by atoms with van der Waals surface area (Å²) in [6.07, 6.45) is 7.18. The predicted molar refractivity (Wildman–Crippen MR) is 147 cm³/mol. The molecule has 3 fully saturated rings. The van der Waals surface area contributed by atoms with E-state index in [0.717, 1.165) is 44.9 Å². The summed E-state index contributed by atoms with van der Waals surface area (Å²) in [4.78, 5) is 58.5. The Hall–Kier alpha value is -3.30. The van der Waals surface area contributed by atoms with E-state index in [1.54, 1.807) is 11.0 Å². The van der Waals surface area contributed by atoms with Gasteiger partial charge in [0.15, 0.2) is 5.78 Å². The lowest BCUT2D eigenvalue weighted by atomic mass is 9.93. The lowest BCUT2D eigenvalue weighted by Gasteiger charge is -2.26. The van der Waals surface area contributed by atoms with Gasteiger partial charge in [-0.25, -0.2) is 14.2 Å². The van der Waals surface area contributed by atoms with Crippen molar-refractivity contribution in [1.82, 2.24) is 20.2 Å². The maximum Gasteiger partial charge on any atom is 0.407 e. The molecule has 3 aliphatic rings. The number of hydrogen-bond donors (Lipinski definition) is 2. The number of Topliss-reactive ketones (excluding diaryl/α,β-unsaturated/α-hetero) is 1. The lowest BCUT2D eigenvalue weighted by Crippen LogP contribution is -2.47. The zero-order valence-corrected chi connectivity index (χ0v) is 23.3. The number of aromatic nitrogens is 2. The second kappa shape index (κ2) is 12.1. The summed E-state index contributed by atoms with van der Waals surface area (Å²) in [5, 5.41) is 2.62. The van der Waals surface area contributed by atoms with Gasteiger partial charge in [0.2, 0.25) is 5.91 Å². The van der Waals surface area contributed by atoms with Gasteiger partial charge >= 0.3 is 6.09 Å². The number of ether oxygens (including phenoxy) is 1. The van der Waals surface area contributed by atoms with Crippen LogP contribution in [-0.4, -0.2) is 57.9 Å². The molecular formula is C30H39FN4O5. The van der Waals surface area contributed by atoms with Crippen LogP contribution < -0.4 is 10.9 Å². The number of hydrogen-bond acceptors (Lipinski definition) is 6. The Morgan fingerprint density at radius 3 is 2.80 bits per heavy atom. The Morgan fingerprint density at radius 2 is 2.02 bits per heavy atom. The highest BCUT2D eigenvalue weighted by Crippen LogP contribution is 2.57. The second-order valence-corrected chi connectivity index (χ2v) is 11.7. The molecule has 2 aromatic rings. The molecular weight excluding hydrogens is 515 g/mol. The molecule has 2 aliphatic carbocycles. The molecule has 40 heavy (non-hydrogen) atoms. The number of nitrogens with one attached hydrogen (secondary N) is 2. The summed E-state index contributed by atoms with van der Waals surface area (Å²) < 4.78 is 19.2. The summed E-state index contributed by atoms with van der Waals surface area (Å²) in [5.41, 5.74) is 1.16. The van der Waals surface area contributed by atoms with Gasteiger partial charge in [0.25, 0.3) is 5.56 Å². The number of likely N-dealkylation sites (tertiary alicyclic amines) is 1. The first-order chi connectivity index (χ1) is 19.2. The van der Waals surface area contributed by atoms with Crippen LogP contribution in [0.4, 0.5) is 9.18 Å². The van der Waals surface area contributed by atoms with Gasteiger partial charge in [-0.15, -0.1) is 0 Å². The second-order valence-electron chi connectivity index (χ2n) is 11.7. The van der Waals surface area contributed by atoms with E-state index >= 15 is 0 Å². The number of benzene rings is 1. The number of nitrogens with zero attached hydrogens (tertiary/aromatic N) is 2. The van der Waals surface area contributed by atoms with Crippen LogP contribution in [0, 0.1) is 29.5 Å². The molecule has 3 unspecified atom stereocenters. The van der Waals surface area contributed by atoms with Crippen LogP contribution in [0.15, 0.2) is 23.0 Å². The van der Waals surface area contributed by atoms with Gasteiger partial charge in [-0.3, -0.25) is 14.4 Å². The van der Waals surface area contributed by atoms with Gasteiger partial charge in [-0.1, -0.05) is 26.2 Å². The van der Waals surface area contributed by atoms with Gasteiger partial charge in [0.1, 0.15) is 24.2 Å². The van der Waals surface area contributed by atoms with Crippen LogP contribution in [0.5, 0.6) is 0 Å². The first-order valence-corrected chi connectivity index (χ1v) is 14.7. The van der Waals surface area contributed by atoms with Crippen molar-refractivity contribution in [2.24, 2.45) is 23.7 Å². The molecule has 2 saturated carbocycles. The Balaban J connectivity index is 1.05. The third-order valence-electron chi connectivity index (χ3n) is 9.14. The van der Waals surface area contributed by atoms with Crippen LogP contribution in [0.25, 0.3) is 11.0 Å². The number of aryl methyl sites for hydroxylation is 1. The standard InChI is InChI=1S/C30H39FN4O5/c1-3-18-11-12-35(28(18)17(2)36)27(37)16-32-30(39)40-26-14-19-13-22(19)21(26)7-5-4-6-8-24-29(38)34-25-15-20(31)9-10-23(25)33-24/h9-10,15,18-19,21-22,26,28H,3-8,11-14,16H2,1-2H3,(H,32,39)(H,34,38)/t18-,19?,21-,22?,26?,28-/m1/s1. The maximum absolute atomic E-state index is 13.4. The van der Waals surface area contributed by atoms with Crippen molar-refractivity contribution in [3.05, 3.63) is 40.1 Å². The highest BCUT2D eigenvalue weighted by molar-refractivity contribution is 5.90. The van der Waals surface area contributed by atoms with E-state index in [4.69, 9.17) is 4.74 Å². The number of H-pyrrole nitrogens is 1. The molecule has 1 aromatic carbocycles. The van der Waals surface area contributed by atoms with Crippen LogP contribution in [0.2, 0.25) is 0 Å². The highest BCUT2D eigenvalue weighted by Gasteiger charge is 2.54. The molecule has 2 heterocycles. The molecule has 5 rings (SSSR count). The van der Waals surface area contributed by atoms with E-state index in [1.165, 1.54) is 25.5 Å². The number of rotatable bonds is 11. The predicted octanol–water partition coefficient (Wildman–Crippen LogP) is 4.13. The Labute approximate surface area is 233 Å². The average molecular weight is 555 g/mol. The fourth-order valence-electron chi connectivity index (χ4n) is 7.01. The molecule has 6 atom stereocenters. The minimum absolute atomic E-state index is 0.00897. The fraction of sp³-hybridized carbons (Fsp3) is 0.633. The zero-order valence-electron chi connectivity index (χ0n) is 23.3. The SMILES string of the molecule is CC[C@@H]1CCN(C(=O)CNC(=O)OC2CC3CC3[C@H]2CCCCCc2nc3ccc(F)cc3[nH]c2=O)[C@@H]1C(C)=O. The van der Waals surface area contributed by atoms with Crippen LogP contribution in [0.1, 0.15) is 70.9 Å². The quantitative estimate of drug-likeness (QED) is 0.403. The van der Waals surface area contributed by atoms with E-state index in [0.29, 0.717) is 47.4 Å². The first-order valence-electron chi connectivity index (χ1n) is 14.7. The lowest BCUT2D eigenvalue weighted by molar-refractivity contribution is -0.137. The number of unbranched alkanes of at least 4 members (excludes halogenated alkanes) is 2. The molecule has 1 aliphatic heterocycles. The van der Waals surface area contributed by atoms with Crippen molar-refractivity contribution < 1.29 is 23.5 Å². The third-order valence-corrected chi connectivity index (χ3v) is 9.14. The summed E-state index contributed by atoms with van der Waals surface area (Å²) >= 11 is 0. The van der Waals surface area contributed by atoms with Gasteiger partial charge in [-0.2, -0.15) is 0 Å². The Bertz CT molecular complexity index is 1330. The molecule has 10 heteroatoms. The molecule has 1 saturated heterocycles. The number of aromatic amines is 1. The maximum atomic E-state index is 13.4. The van der Waals surface area contributed by atoms with Crippen LogP contribution in [0.3, 0.4) is 0 Å². The van der Waals surface area contributed by atoms with Crippen molar-refractivity contribution in [3.63, 3.8) is 0 Å². The summed E-state index contributed by atoms with van der Waals surface area (Å²) in [5.74, 6) is 1.03. The third kappa shape index (κ3) is 6.20. The Morgan fingerprint density at radius 1 is 1.20 bits per heavy atom. The van der Waals surface area contributed by atoms with Gasteiger partial charge in [-0.05, 0) is 87.3 Å². The van der Waals surface area contributed by atoms with Crippen molar-refractivity contribution in [2.75, 3.05) is 13.1 Å². The van der Waals surface area contributed by atoms with E-state index in [1.807, 2.05) is 6.92 Å². The van der Waals surface area contributed by atoms with Crippen molar-refractivity contribution in [3.8, 4) is 0 Å². The van der Waals surface area contributed by atoms with E-state index < -0.39 is 18.0 Å². The topological polar surface area (TPSA) is 121 Å². The minimum atomic E-state index is -0.572. The van der Waals surface area contributed by atoms with E-state index in [9.17, 15) is 23.6 Å². The van der Waals surface area contributed by atoms with Crippen LogP contribution >= 0.6 is 0 Å². The van der Waals surface area contributed by atoms with Crippen LogP contribution in [-0.2, 0) is 20.7 Å². The number of amides is 2. The molecule has 2 amide bonds. The van der Waals surface area contributed by atoms with Gasteiger partial charge in [0, 0.05) is 6.54 Å². The number of carbonyl (C=O) groups excluding carboxylic acids is 3.